The first-order valence-corrected chi connectivity index (χ1v) is 10.7. The molecular formula is C19H25N5O3S. The summed E-state index contributed by atoms with van der Waals surface area (Å²) in [4.78, 5) is 38.3. The molecule has 0 saturated heterocycles. The van der Waals surface area contributed by atoms with Gasteiger partial charge in [0.05, 0.1) is 5.52 Å². The van der Waals surface area contributed by atoms with Gasteiger partial charge in [-0.1, -0.05) is 33.1 Å². The van der Waals surface area contributed by atoms with Crippen LogP contribution in [0.4, 0.5) is 0 Å². The SMILES string of the molecule is CC(C)Cn1c(=O)c2sccc2n2c(=O)n(CC(=O)NC3CCCCC3)nc12. The molecule has 9 heteroatoms. The lowest BCUT2D eigenvalue weighted by atomic mass is 9.95. The maximum Gasteiger partial charge on any atom is 0.352 e. The molecule has 4 rings (SSSR count). The van der Waals surface area contributed by atoms with E-state index < -0.39 is 5.69 Å². The Bertz CT molecular complexity index is 1130. The van der Waals surface area contributed by atoms with Crippen LogP contribution >= 0.6 is 11.3 Å². The molecule has 1 aliphatic rings. The predicted molar refractivity (Wildman–Crippen MR) is 109 cm³/mol. The average Bonchev–Trinajstić information content (AvgIpc) is 3.25. The number of hydrogen-bond acceptors (Lipinski definition) is 5. The number of thiophene rings is 1. The Hall–Kier alpha value is -2.42. The van der Waals surface area contributed by atoms with E-state index in [9.17, 15) is 14.4 Å². The Morgan fingerprint density at radius 3 is 2.75 bits per heavy atom. The summed E-state index contributed by atoms with van der Waals surface area (Å²) < 4.78 is 4.69. The normalized spacial score (nSPS) is 15.7. The first-order chi connectivity index (χ1) is 13.5. The first kappa shape index (κ1) is 18.9. The monoisotopic (exact) mass is 403 g/mol. The number of hydrogen-bond donors (Lipinski definition) is 1. The minimum absolute atomic E-state index is 0.140. The highest BCUT2D eigenvalue weighted by molar-refractivity contribution is 7.17. The molecule has 0 radical (unpaired) electrons. The highest BCUT2D eigenvalue weighted by Gasteiger charge is 2.21. The van der Waals surface area contributed by atoms with Crippen LogP contribution in [-0.4, -0.2) is 30.7 Å². The molecule has 1 saturated carbocycles. The van der Waals surface area contributed by atoms with Gasteiger partial charge in [-0.3, -0.25) is 14.2 Å². The molecule has 3 heterocycles. The molecule has 8 nitrogen and oxygen atoms in total. The molecule has 0 spiro atoms. The van der Waals surface area contributed by atoms with E-state index in [0.717, 1.165) is 25.7 Å². The van der Waals surface area contributed by atoms with Crippen molar-refractivity contribution in [1.29, 1.82) is 0 Å². The second-order valence-electron chi connectivity index (χ2n) is 7.92. The molecule has 150 valence electrons. The molecule has 1 amide bonds. The van der Waals surface area contributed by atoms with E-state index >= 15 is 0 Å². The van der Waals surface area contributed by atoms with Crippen molar-refractivity contribution < 1.29 is 4.79 Å². The molecule has 0 bridgehead atoms. The summed E-state index contributed by atoms with van der Waals surface area (Å²) >= 11 is 1.32. The lowest BCUT2D eigenvalue weighted by molar-refractivity contribution is -0.122. The minimum atomic E-state index is -0.394. The molecule has 28 heavy (non-hydrogen) atoms. The number of fused-ring (bicyclic) bond motifs is 3. The van der Waals surface area contributed by atoms with Crippen molar-refractivity contribution in [2.24, 2.45) is 5.92 Å². The van der Waals surface area contributed by atoms with Crippen molar-refractivity contribution in [2.75, 3.05) is 0 Å². The molecule has 1 fully saturated rings. The Kier molecular flexibility index (Phi) is 5.09. The number of nitrogens with zero attached hydrogens (tertiary/aromatic N) is 4. The molecule has 0 aliphatic heterocycles. The van der Waals surface area contributed by atoms with Crippen LogP contribution < -0.4 is 16.6 Å². The zero-order chi connectivity index (χ0) is 19.8. The molecule has 0 atom stereocenters. The predicted octanol–water partition coefficient (Wildman–Crippen LogP) is 1.98. The van der Waals surface area contributed by atoms with Crippen LogP contribution in [-0.2, 0) is 17.9 Å². The molecular weight excluding hydrogens is 378 g/mol. The fourth-order valence-electron chi connectivity index (χ4n) is 3.92. The van der Waals surface area contributed by atoms with Crippen molar-refractivity contribution in [3.8, 4) is 0 Å². The standard InChI is InChI=1S/C19H25N5O3S/c1-12(2)10-22-17(26)16-14(8-9-28-16)24-18(22)21-23(19(24)27)11-15(25)20-13-6-4-3-5-7-13/h8-9,12-13H,3-7,10-11H2,1-2H3,(H,20,25). The minimum Gasteiger partial charge on any atom is -0.352 e. The smallest absolute Gasteiger partial charge is 0.352 e. The van der Waals surface area contributed by atoms with Crippen LogP contribution in [0.1, 0.15) is 46.0 Å². The maximum absolute atomic E-state index is 13.0. The van der Waals surface area contributed by atoms with Crippen LogP contribution in [0.5, 0.6) is 0 Å². The quantitative estimate of drug-likeness (QED) is 0.705. The van der Waals surface area contributed by atoms with Gasteiger partial charge in [0, 0.05) is 12.6 Å². The lowest BCUT2D eigenvalue weighted by Gasteiger charge is -2.22. The molecule has 0 unspecified atom stereocenters. The summed E-state index contributed by atoms with van der Waals surface area (Å²) in [6, 6.07) is 1.93. The van der Waals surface area contributed by atoms with Crippen LogP contribution in [0.15, 0.2) is 21.0 Å². The van der Waals surface area contributed by atoms with Gasteiger partial charge in [-0.2, -0.15) is 0 Å². The fourth-order valence-corrected chi connectivity index (χ4v) is 4.75. The zero-order valence-corrected chi connectivity index (χ0v) is 17.0. The van der Waals surface area contributed by atoms with Gasteiger partial charge in [0.1, 0.15) is 11.2 Å². The lowest BCUT2D eigenvalue weighted by Crippen LogP contribution is -2.40. The summed E-state index contributed by atoms with van der Waals surface area (Å²) in [7, 11) is 0. The van der Waals surface area contributed by atoms with Gasteiger partial charge in [-0.25, -0.2) is 13.9 Å². The van der Waals surface area contributed by atoms with Gasteiger partial charge in [0.15, 0.2) is 0 Å². The molecule has 3 aromatic rings. The van der Waals surface area contributed by atoms with Gasteiger partial charge >= 0.3 is 5.69 Å². The molecule has 1 aliphatic carbocycles. The van der Waals surface area contributed by atoms with Gasteiger partial charge in [0.2, 0.25) is 11.7 Å². The van der Waals surface area contributed by atoms with Gasteiger partial charge in [-0.15, -0.1) is 16.4 Å². The largest absolute Gasteiger partial charge is 0.352 e. The number of aromatic nitrogens is 4. The highest BCUT2D eigenvalue weighted by Crippen LogP contribution is 2.18. The Balaban J connectivity index is 1.74. The third-order valence-electron chi connectivity index (χ3n) is 5.20. The van der Waals surface area contributed by atoms with Crippen molar-refractivity contribution in [3.05, 3.63) is 32.3 Å². The van der Waals surface area contributed by atoms with Gasteiger partial charge < -0.3 is 5.32 Å². The molecule has 0 aromatic carbocycles. The molecule has 1 N–H and O–H groups in total. The number of carbonyl (C=O) groups excluding carboxylic acids is 1. The summed E-state index contributed by atoms with van der Waals surface area (Å²) in [5, 5.41) is 9.17. The average molecular weight is 404 g/mol. The number of nitrogens with one attached hydrogen (secondary N) is 1. The van der Waals surface area contributed by atoms with Gasteiger partial charge in [0.25, 0.3) is 5.56 Å². The number of rotatable bonds is 5. The van der Waals surface area contributed by atoms with E-state index in [1.165, 1.54) is 26.8 Å². The summed E-state index contributed by atoms with van der Waals surface area (Å²) in [6.45, 7) is 4.34. The van der Waals surface area contributed by atoms with E-state index in [0.29, 0.717) is 22.5 Å². The van der Waals surface area contributed by atoms with Crippen LogP contribution in [0.25, 0.3) is 16.0 Å². The number of amides is 1. The van der Waals surface area contributed by atoms with E-state index in [-0.39, 0.29) is 30.0 Å². The van der Waals surface area contributed by atoms with Crippen molar-refractivity contribution in [1.82, 2.24) is 24.1 Å². The summed E-state index contributed by atoms with van der Waals surface area (Å²) in [5.41, 5.74) is 0.0126. The maximum atomic E-state index is 13.0. The van der Waals surface area contributed by atoms with E-state index in [1.54, 1.807) is 16.0 Å². The summed E-state index contributed by atoms with van der Waals surface area (Å²) in [6.07, 6.45) is 5.42. The Morgan fingerprint density at radius 2 is 2.04 bits per heavy atom. The Labute approximate surface area is 165 Å². The second-order valence-corrected chi connectivity index (χ2v) is 8.84. The fraction of sp³-hybridized carbons (Fsp3) is 0.579. The van der Waals surface area contributed by atoms with E-state index in [1.807, 2.05) is 13.8 Å². The van der Waals surface area contributed by atoms with E-state index in [4.69, 9.17) is 0 Å². The second kappa shape index (κ2) is 7.54. The third kappa shape index (κ3) is 3.39. The van der Waals surface area contributed by atoms with Crippen molar-refractivity contribution in [2.45, 2.75) is 65.1 Å². The Morgan fingerprint density at radius 1 is 1.29 bits per heavy atom. The first-order valence-electron chi connectivity index (χ1n) is 9.84. The third-order valence-corrected chi connectivity index (χ3v) is 6.09. The summed E-state index contributed by atoms with van der Waals surface area (Å²) in [5.74, 6) is 0.297. The number of carbonyl (C=O) groups is 1. The van der Waals surface area contributed by atoms with Crippen LogP contribution in [0, 0.1) is 5.92 Å². The highest BCUT2D eigenvalue weighted by atomic mass is 32.1. The van der Waals surface area contributed by atoms with Crippen LogP contribution in [0.2, 0.25) is 0 Å². The topological polar surface area (TPSA) is 90.4 Å². The van der Waals surface area contributed by atoms with E-state index in [2.05, 4.69) is 10.4 Å². The van der Waals surface area contributed by atoms with Crippen molar-refractivity contribution in [3.63, 3.8) is 0 Å². The van der Waals surface area contributed by atoms with Crippen molar-refractivity contribution >= 4 is 33.2 Å². The molecule has 3 aromatic heterocycles. The van der Waals surface area contributed by atoms with Crippen LogP contribution in [0.3, 0.4) is 0 Å². The van der Waals surface area contributed by atoms with Gasteiger partial charge in [-0.05, 0) is 30.2 Å². The zero-order valence-electron chi connectivity index (χ0n) is 16.2.